The third-order valence-electron chi connectivity index (χ3n) is 1.20. The van der Waals surface area contributed by atoms with Gasteiger partial charge in [0.2, 0.25) is 0 Å². The summed E-state index contributed by atoms with van der Waals surface area (Å²) in [7, 11) is -1.67. The van der Waals surface area contributed by atoms with E-state index in [1.807, 2.05) is 0 Å². The highest BCUT2D eigenvalue weighted by molar-refractivity contribution is 7.12. The van der Waals surface area contributed by atoms with Gasteiger partial charge in [-0.1, -0.05) is 12.1 Å². The molecule has 0 bridgehead atoms. The molecule has 14 heavy (non-hydrogen) atoms. The molecule has 0 aliphatic carbocycles. The first-order valence-electron chi connectivity index (χ1n) is 3.47. The Bertz CT molecular complexity index is 336. The summed E-state index contributed by atoms with van der Waals surface area (Å²) in [4.78, 5) is 3.36. The molecule has 0 amide bonds. The summed E-state index contributed by atoms with van der Waals surface area (Å²) in [5, 5.41) is 15.9. The van der Waals surface area contributed by atoms with Gasteiger partial charge in [-0.15, -0.1) is 11.3 Å². The molecule has 0 radical (unpaired) electrons. The van der Waals surface area contributed by atoms with E-state index in [1.165, 1.54) is 0 Å². The molecule has 8 heteroatoms. The Hall–Kier alpha value is -0.855. The molecular weight excluding hydrogens is 218 g/mol. The molecule has 1 rings (SSSR count). The lowest BCUT2D eigenvalue weighted by Gasteiger charge is -1.98. The molecule has 0 aromatic carbocycles. The lowest BCUT2D eigenvalue weighted by atomic mass is 9.92. The Labute approximate surface area is 81.7 Å². The average molecular weight is 223 g/mol. The number of hydrogen-bond acceptors (Lipinski definition) is 4. The molecule has 2 N–H and O–H groups in total. The maximum Gasteiger partial charge on any atom is 0.480 e. The molecule has 0 saturated heterocycles. The highest BCUT2D eigenvalue weighted by Gasteiger charge is 2.34. The zero-order valence-corrected chi connectivity index (χ0v) is 7.51. The van der Waals surface area contributed by atoms with Crippen molar-refractivity contribution in [2.75, 3.05) is 0 Å². The summed E-state index contributed by atoms with van der Waals surface area (Å²) in [6, 6.07) is 0. The van der Waals surface area contributed by atoms with Gasteiger partial charge in [0.1, 0.15) is 0 Å². The van der Waals surface area contributed by atoms with E-state index in [0.29, 0.717) is 11.3 Å². The second kappa shape index (κ2) is 4.12. The third-order valence-corrected chi connectivity index (χ3v) is 2.21. The number of aromatic nitrogens is 1. The molecule has 0 aliphatic rings. The fraction of sp³-hybridized carbons (Fsp3) is 0.167. The average Bonchev–Trinajstić information content (AvgIpc) is 2.47. The number of halogens is 3. The van der Waals surface area contributed by atoms with Crippen molar-refractivity contribution in [3.63, 3.8) is 0 Å². The highest BCUT2D eigenvalue weighted by atomic mass is 32.1. The molecule has 0 atom stereocenters. The van der Waals surface area contributed by atoms with E-state index in [9.17, 15) is 13.2 Å². The molecule has 3 nitrogen and oxygen atoms in total. The van der Waals surface area contributed by atoms with E-state index in [-0.39, 0.29) is 4.88 Å². The van der Waals surface area contributed by atoms with Crippen LogP contribution in [-0.2, 0) is 6.18 Å². The molecule has 1 aromatic rings. The Morgan fingerprint density at radius 2 is 2.07 bits per heavy atom. The summed E-state index contributed by atoms with van der Waals surface area (Å²) in [5.41, 5.74) is 0. The predicted molar refractivity (Wildman–Crippen MR) is 46.3 cm³/mol. The van der Waals surface area contributed by atoms with Crippen LogP contribution < -0.4 is 0 Å². The van der Waals surface area contributed by atoms with E-state index < -0.39 is 18.3 Å². The number of rotatable bonds is 2. The van der Waals surface area contributed by atoms with Gasteiger partial charge >= 0.3 is 13.3 Å². The van der Waals surface area contributed by atoms with Crippen LogP contribution in [0.3, 0.4) is 0 Å². The van der Waals surface area contributed by atoms with Gasteiger partial charge in [0.05, 0.1) is 0 Å². The third kappa shape index (κ3) is 3.13. The van der Waals surface area contributed by atoms with Crippen molar-refractivity contribution in [2.45, 2.75) is 6.18 Å². The lowest BCUT2D eigenvalue weighted by molar-refractivity contribution is -0.137. The molecule has 0 saturated carbocycles. The zero-order valence-electron chi connectivity index (χ0n) is 6.69. The van der Waals surface area contributed by atoms with Crippen LogP contribution in [-0.4, -0.2) is 22.2 Å². The fourth-order valence-electron chi connectivity index (χ4n) is 0.676. The fourth-order valence-corrected chi connectivity index (χ4v) is 1.37. The zero-order chi connectivity index (χ0) is 10.8. The molecule has 0 fully saturated rings. The summed E-state index contributed by atoms with van der Waals surface area (Å²) in [5.74, 6) is 0.952. The highest BCUT2D eigenvalue weighted by Crippen LogP contribution is 2.32. The van der Waals surface area contributed by atoms with Crippen LogP contribution in [0.25, 0.3) is 6.08 Å². The Morgan fingerprint density at radius 3 is 2.50 bits per heavy atom. The Balaban J connectivity index is 2.79. The first-order chi connectivity index (χ1) is 6.39. The van der Waals surface area contributed by atoms with E-state index in [1.54, 1.807) is 0 Å². The maximum atomic E-state index is 12.0. The summed E-state index contributed by atoms with van der Waals surface area (Å²) in [6.07, 6.45) is -2.27. The van der Waals surface area contributed by atoms with Gasteiger partial charge in [-0.25, -0.2) is 4.98 Å². The molecule has 1 aromatic heterocycles. The van der Waals surface area contributed by atoms with Crippen molar-refractivity contribution in [3.8, 4) is 0 Å². The van der Waals surface area contributed by atoms with Crippen molar-refractivity contribution in [1.29, 1.82) is 0 Å². The molecule has 0 aliphatic heterocycles. The van der Waals surface area contributed by atoms with Gasteiger partial charge in [0, 0.05) is 11.1 Å². The first-order valence-corrected chi connectivity index (χ1v) is 4.28. The van der Waals surface area contributed by atoms with E-state index >= 15 is 0 Å². The largest absolute Gasteiger partial charge is 0.480 e. The van der Waals surface area contributed by atoms with Crippen LogP contribution in [0.5, 0.6) is 0 Å². The van der Waals surface area contributed by atoms with Crippen LogP contribution in [0.2, 0.25) is 0 Å². The van der Waals surface area contributed by atoms with Gasteiger partial charge in [-0.3, -0.25) is 0 Å². The standard InChI is InChI=1S/C6H5BF3NO2S/c8-6(9,10)5-11-3-4(14-5)1-2-7(12)13/h1-3,12-13H/b2-1+. The topological polar surface area (TPSA) is 53.4 Å². The van der Waals surface area contributed by atoms with Gasteiger partial charge in [0.25, 0.3) is 0 Å². The van der Waals surface area contributed by atoms with Crippen LogP contribution in [0.15, 0.2) is 12.2 Å². The molecule has 76 valence electrons. The SMILES string of the molecule is OB(O)/C=C/c1cnc(C(F)(F)F)s1. The minimum atomic E-state index is -4.45. The van der Waals surface area contributed by atoms with Gasteiger partial charge in [-0.2, -0.15) is 13.2 Å². The minimum absolute atomic E-state index is 0.213. The second-order valence-corrected chi connectivity index (χ2v) is 3.40. The van der Waals surface area contributed by atoms with Crippen molar-refractivity contribution >= 4 is 24.5 Å². The minimum Gasteiger partial charge on any atom is -0.424 e. The van der Waals surface area contributed by atoms with Gasteiger partial charge in [0.15, 0.2) is 5.01 Å². The molecule has 0 unspecified atom stereocenters. The predicted octanol–water partition coefficient (Wildman–Crippen LogP) is 1.19. The smallest absolute Gasteiger partial charge is 0.424 e. The van der Waals surface area contributed by atoms with Crippen LogP contribution >= 0.6 is 11.3 Å². The number of alkyl halides is 3. The van der Waals surface area contributed by atoms with Crippen LogP contribution in [0, 0.1) is 0 Å². The first kappa shape index (κ1) is 11.2. The van der Waals surface area contributed by atoms with E-state index in [4.69, 9.17) is 10.0 Å². The Morgan fingerprint density at radius 1 is 1.43 bits per heavy atom. The normalized spacial score (nSPS) is 12.4. The van der Waals surface area contributed by atoms with Gasteiger partial charge < -0.3 is 10.0 Å². The van der Waals surface area contributed by atoms with Gasteiger partial charge in [-0.05, 0) is 0 Å². The second-order valence-electron chi connectivity index (χ2n) is 2.34. The summed E-state index contributed by atoms with van der Waals surface area (Å²) in [6.45, 7) is 0. The quantitative estimate of drug-likeness (QED) is 0.740. The summed E-state index contributed by atoms with van der Waals surface area (Å²) < 4.78 is 36.1. The Kier molecular flexibility index (Phi) is 3.30. The monoisotopic (exact) mass is 223 g/mol. The van der Waals surface area contributed by atoms with Crippen molar-refractivity contribution in [1.82, 2.24) is 4.98 Å². The molecule has 1 heterocycles. The van der Waals surface area contributed by atoms with E-state index in [0.717, 1.165) is 18.2 Å². The maximum absolute atomic E-state index is 12.0. The van der Waals surface area contributed by atoms with Crippen LogP contribution in [0.4, 0.5) is 13.2 Å². The summed E-state index contributed by atoms with van der Waals surface area (Å²) >= 11 is 0.437. The lowest BCUT2D eigenvalue weighted by Crippen LogP contribution is -2.05. The number of thiazole rings is 1. The van der Waals surface area contributed by atoms with Crippen LogP contribution in [0.1, 0.15) is 9.88 Å². The van der Waals surface area contributed by atoms with Crippen molar-refractivity contribution in [3.05, 3.63) is 22.1 Å². The van der Waals surface area contributed by atoms with E-state index in [2.05, 4.69) is 4.98 Å². The van der Waals surface area contributed by atoms with Crippen molar-refractivity contribution in [2.24, 2.45) is 0 Å². The van der Waals surface area contributed by atoms with Crippen molar-refractivity contribution < 1.29 is 23.2 Å². The number of hydrogen-bond donors (Lipinski definition) is 2. The molecular formula is C6H5BF3NO2S. The number of nitrogens with zero attached hydrogens (tertiary/aromatic N) is 1. The molecule has 0 spiro atoms.